The van der Waals surface area contributed by atoms with Crippen LogP contribution in [0.5, 0.6) is 0 Å². The van der Waals surface area contributed by atoms with Gasteiger partial charge >= 0.3 is 0 Å². The van der Waals surface area contributed by atoms with Gasteiger partial charge in [0.1, 0.15) is 5.15 Å². The van der Waals surface area contributed by atoms with E-state index < -0.39 is 0 Å². The lowest BCUT2D eigenvalue weighted by Gasteiger charge is -2.13. The van der Waals surface area contributed by atoms with Crippen molar-refractivity contribution in [3.63, 3.8) is 0 Å². The van der Waals surface area contributed by atoms with Crippen LogP contribution in [-0.4, -0.2) is 28.9 Å². The van der Waals surface area contributed by atoms with E-state index in [-0.39, 0.29) is 5.91 Å². The van der Waals surface area contributed by atoms with Gasteiger partial charge < -0.3 is 4.90 Å². The lowest BCUT2D eigenvalue weighted by atomic mass is 10.0. The van der Waals surface area contributed by atoms with Crippen LogP contribution in [0.15, 0.2) is 18.3 Å². The third kappa shape index (κ3) is 2.73. The first kappa shape index (κ1) is 11.4. The van der Waals surface area contributed by atoms with Gasteiger partial charge in [-0.1, -0.05) is 17.7 Å². The number of pyridine rings is 1. The van der Waals surface area contributed by atoms with Gasteiger partial charge in [0, 0.05) is 26.2 Å². The molecule has 0 bridgehead atoms. The summed E-state index contributed by atoms with van der Waals surface area (Å²) in [5, 5.41) is 0.528. The van der Waals surface area contributed by atoms with Crippen molar-refractivity contribution < 1.29 is 4.79 Å². The summed E-state index contributed by atoms with van der Waals surface area (Å²) in [6, 6.07) is 3.82. The van der Waals surface area contributed by atoms with Crippen LogP contribution in [0.2, 0.25) is 5.15 Å². The van der Waals surface area contributed by atoms with Crippen molar-refractivity contribution in [2.45, 2.75) is 19.8 Å². The number of aromatic nitrogens is 1. The lowest BCUT2D eigenvalue weighted by Crippen LogP contribution is -2.26. The smallest absolute Gasteiger partial charge is 0.219 e. The van der Waals surface area contributed by atoms with Gasteiger partial charge in [-0.05, 0) is 30.4 Å². The fourth-order valence-corrected chi connectivity index (χ4v) is 2.26. The van der Waals surface area contributed by atoms with Gasteiger partial charge in [-0.3, -0.25) is 4.79 Å². The molecule has 86 valence electrons. The van der Waals surface area contributed by atoms with E-state index in [0.717, 1.165) is 25.9 Å². The van der Waals surface area contributed by atoms with Crippen molar-refractivity contribution in [2.24, 2.45) is 5.92 Å². The molecule has 0 N–H and O–H groups in total. The van der Waals surface area contributed by atoms with Crippen molar-refractivity contribution in [2.75, 3.05) is 13.1 Å². The molecule has 1 aliphatic heterocycles. The lowest BCUT2D eigenvalue weighted by molar-refractivity contribution is -0.127. The van der Waals surface area contributed by atoms with Crippen LogP contribution in [-0.2, 0) is 11.2 Å². The summed E-state index contributed by atoms with van der Waals surface area (Å²) in [5.41, 5.74) is 1.19. The van der Waals surface area contributed by atoms with E-state index in [1.165, 1.54) is 5.56 Å². The number of nitrogens with zero attached hydrogens (tertiary/aromatic N) is 2. The zero-order valence-electron chi connectivity index (χ0n) is 9.32. The molecule has 0 saturated carbocycles. The molecule has 2 rings (SSSR count). The highest BCUT2D eigenvalue weighted by atomic mass is 35.5. The van der Waals surface area contributed by atoms with E-state index in [1.807, 2.05) is 23.2 Å². The van der Waals surface area contributed by atoms with Crippen molar-refractivity contribution in [3.8, 4) is 0 Å². The molecule has 1 amide bonds. The number of carbonyl (C=O) groups excluding carboxylic acids is 1. The third-order valence-electron chi connectivity index (χ3n) is 3.04. The van der Waals surface area contributed by atoms with Gasteiger partial charge in [0.05, 0.1) is 0 Å². The number of hydrogen-bond acceptors (Lipinski definition) is 2. The summed E-state index contributed by atoms with van der Waals surface area (Å²) >= 11 is 5.73. The first-order valence-corrected chi connectivity index (χ1v) is 5.89. The van der Waals surface area contributed by atoms with Crippen molar-refractivity contribution in [3.05, 3.63) is 29.0 Å². The van der Waals surface area contributed by atoms with Crippen LogP contribution in [0, 0.1) is 5.92 Å². The molecule has 0 aromatic carbocycles. The molecule has 4 heteroatoms. The van der Waals surface area contributed by atoms with Gasteiger partial charge in [-0.2, -0.15) is 0 Å². The van der Waals surface area contributed by atoms with E-state index >= 15 is 0 Å². The van der Waals surface area contributed by atoms with E-state index in [2.05, 4.69) is 4.98 Å². The summed E-state index contributed by atoms with van der Waals surface area (Å²) in [6.45, 7) is 3.39. The van der Waals surface area contributed by atoms with Crippen molar-refractivity contribution in [1.82, 2.24) is 9.88 Å². The van der Waals surface area contributed by atoms with E-state index in [1.54, 1.807) is 6.92 Å². The summed E-state index contributed by atoms with van der Waals surface area (Å²) in [5.74, 6) is 0.739. The number of carbonyl (C=O) groups is 1. The number of likely N-dealkylation sites (tertiary alicyclic amines) is 1. The largest absolute Gasteiger partial charge is 0.343 e. The maximum absolute atomic E-state index is 11.2. The number of amides is 1. The molecule has 1 aromatic rings. The number of halogens is 1. The first-order valence-electron chi connectivity index (χ1n) is 5.51. The quantitative estimate of drug-likeness (QED) is 0.740. The second-order valence-corrected chi connectivity index (χ2v) is 4.70. The summed E-state index contributed by atoms with van der Waals surface area (Å²) in [7, 11) is 0. The van der Waals surface area contributed by atoms with Crippen LogP contribution >= 0.6 is 11.6 Å². The van der Waals surface area contributed by atoms with Crippen LogP contribution in [0.25, 0.3) is 0 Å². The summed E-state index contributed by atoms with van der Waals surface area (Å²) in [4.78, 5) is 17.2. The average Bonchev–Trinajstić information content (AvgIpc) is 2.70. The van der Waals surface area contributed by atoms with Gasteiger partial charge in [0.15, 0.2) is 0 Å². The molecule has 1 fully saturated rings. The minimum absolute atomic E-state index is 0.178. The molecule has 0 spiro atoms. The molecular formula is C12H15ClN2O. The molecule has 1 atom stereocenters. The molecule has 1 unspecified atom stereocenters. The monoisotopic (exact) mass is 238 g/mol. The Labute approximate surface area is 100 Å². The Morgan fingerprint density at radius 1 is 1.62 bits per heavy atom. The molecule has 2 heterocycles. The van der Waals surface area contributed by atoms with E-state index in [9.17, 15) is 4.79 Å². The minimum Gasteiger partial charge on any atom is -0.343 e. The molecule has 16 heavy (non-hydrogen) atoms. The van der Waals surface area contributed by atoms with Gasteiger partial charge in [0.2, 0.25) is 5.91 Å². The Hall–Kier alpha value is -1.09. The second-order valence-electron chi connectivity index (χ2n) is 4.31. The van der Waals surface area contributed by atoms with Crippen LogP contribution in [0.3, 0.4) is 0 Å². The van der Waals surface area contributed by atoms with Crippen molar-refractivity contribution >= 4 is 17.5 Å². The highest BCUT2D eigenvalue weighted by Crippen LogP contribution is 2.20. The van der Waals surface area contributed by atoms with Gasteiger partial charge in [-0.15, -0.1) is 0 Å². The summed E-state index contributed by atoms with van der Waals surface area (Å²) in [6.07, 6.45) is 3.88. The zero-order chi connectivity index (χ0) is 11.5. The Bertz CT molecular complexity index is 377. The molecule has 0 aliphatic carbocycles. The highest BCUT2D eigenvalue weighted by Gasteiger charge is 2.24. The highest BCUT2D eigenvalue weighted by molar-refractivity contribution is 6.29. The summed E-state index contributed by atoms with van der Waals surface area (Å²) < 4.78 is 0. The molecule has 1 saturated heterocycles. The molecule has 3 nitrogen and oxygen atoms in total. The Balaban J connectivity index is 1.92. The zero-order valence-corrected chi connectivity index (χ0v) is 10.1. The third-order valence-corrected chi connectivity index (χ3v) is 3.27. The Morgan fingerprint density at radius 3 is 3.00 bits per heavy atom. The number of hydrogen-bond donors (Lipinski definition) is 0. The molecule has 0 radical (unpaired) electrons. The molecular weight excluding hydrogens is 224 g/mol. The minimum atomic E-state index is 0.178. The fraction of sp³-hybridized carbons (Fsp3) is 0.500. The van der Waals surface area contributed by atoms with E-state index in [0.29, 0.717) is 11.1 Å². The van der Waals surface area contributed by atoms with Gasteiger partial charge in [0.25, 0.3) is 0 Å². The van der Waals surface area contributed by atoms with Crippen LogP contribution in [0.4, 0.5) is 0 Å². The Morgan fingerprint density at radius 2 is 2.44 bits per heavy atom. The normalized spacial score (nSPS) is 20.1. The fourth-order valence-electron chi connectivity index (χ4n) is 2.15. The first-order chi connectivity index (χ1) is 7.65. The van der Waals surface area contributed by atoms with Crippen LogP contribution in [0.1, 0.15) is 18.9 Å². The van der Waals surface area contributed by atoms with Gasteiger partial charge in [-0.25, -0.2) is 4.98 Å². The molecule has 1 aliphatic rings. The van der Waals surface area contributed by atoms with E-state index in [4.69, 9.17) is 11.6 Å². The van der Waals surface area contributed by atoms with Crippen LogP contribution < -0.4 is 0 Å². The average molecular weight is 239 g/mol. The SMILES string of the molecule is CC(=O)N1CCC(Cc2ccc(Cl)nc2)C1. The molecule has 1 aromatic heterocycles. The second kappa shape index (κ2) is 4.83. The number of rotatable bonds is 2. The standard InChI is InChI=1S/C12H15ClN2O/c1-9(16)15-5-4-11(8-15)6-10-2-3-12(13)14-7-10/h2-3,7,11H,4-6,8H2,1H3. The predicted molar refractivity (Wildman–Crippen MR) is 63.3 cm³/mol. The van der Waals surface area contributed by atoms with Crippen molar-refractivity contribution in [1.29, 1.82) is 0 Å². The maximum Gasteiger partial charge on any atom is 0.219 e. The topological polar surface area (TPSA) is 33.2 Å². The maximum atomic E-state index is 11.2. The predicted octanol–water partition coefficient (Wildman–Crippen LogP) is 2.15. The Kier molecular flexibility index (Phi) is 3.44.